The number of carbonyl (C=O) groups excluding carboxylic acids is 4. The summed E-state index contributed by atoms with van der Waals surface area (Å²) in [4.78, 5) is 59.9. The molecule has 1 saturated carbocycles. The third-order valence-corrected chi connectivity index (χ3v) is 8.80. The molecule has 13 nitrogen and oxygen atoms in total. The smallest absolute Gasteiger partial charge is 0.381 e. The van der Waals surface area contributed by atoms with Crippen LogP contribution >= 0.6 is 0 Å². The number of nitrogens with two attached hydrogens (primary N) is 1. The molecule has 1 aliphatic carbocycles. The Hall–Kier alpha value is -4.05. The number of hydrogen-bond acceptors (Lipinski definition) is 9. The number of benzene rings is 1. The standard InChI is InChI=1S/C33H47F3N8O5/c34-33(35,36)23-8-11-26-25(20-23)30(41-21-40-26)43-27-12-16-44(32(27)48)17-15-39-31(47)22-6-9-24(10-7-22)42-29(46)5-1-4-28(45)38-14-3-19-49-18-2-13-37/h8,11,20-22,24,27H,1-7,9-10,12-19,37H2,(H,38,45)(H,39,47)(H,42,46)(H,40,41,43)/t22-,24+,27-/m0/s1. The Labute approximate surface area is 283 Å². The van der Waals surface area contributed by atoms with E-state index in [-0.39, 0.29) is 66.2 Å². The second kappa shape index (κ2) is 18.6. The first-order chi connectivity index (χ1) is 23.5. The number of carbonyl (C=O) groups is 4. The Kier molecular flexibility index (Phi) is 14.4. The van der Waals surface area contributed by atoms with Crippen molar-refractivity contribution in [2.45, 2.75) is 82.5 Å². The maximum atomic E-state index is 13.3. The molecule has 2 aliphatic rings. The van der Waals surface area contributed by atoms with Gasteiger partial charge in [0.1, 0.15) is 18.2 Å². The van der Waals surface area contributed by atoms with Crippen molar-refractivity contribution in [3.63, 3.8) is 0 Å². The van der Waals surface area contributed by atoms with Crippen molar-refractivity contribution in [1.29, 1.82) is 0 Å². The largest absolute Gasteiger partial charge is 0.416 e. The van der Waals surface area contributed by atoms with Crippen LogP contribution in [0.2, 0.25) is 0 Å². The number of likely N-dealkylation sites (tertiary alicyclic amines) is 1. The first kappa shape index (κ1) is 37.8. The molecule has 0 spiro atoms. The predicted molar refractivity (Wildman–Crippen MR) is 176 cm³/mol. The van der Waals surface area contributed by atoms with Crippen molar-refractivity contribution in [1.82, 2.24) is 30.8 Å². The van der Waals surface area contributed by atoms with E-state index in [0.29, 0.717) is 83.4 Å². The normalized spacial score (nSPS) is 19.6. The van der Waals surface area contributed by atoms with Crippen molar-refractivity contribution in [2.24, 2.45) is 11.7 Å². The molecular formula is C33H47F3N8O5. The minimum Gasteiger partial charge on any atom is -0.381 e. The molecule has 2 heterocycles. The maximum Gasteiger partial charge on any atom is 0.416 e. The van der Waals surface area contributed by atoms with Gasteiger partial charge in [-0.1, -0.05) is 0 Å². The van der Waals surface area contributed by atoms with Crippen LogP contribution in [0.1, 0.15) is 69.8 Å². The molecule has 1 aromatic carbocycles. The number of nitrogens with zero attached hydrogens (tertiary/aromatic N) is 3. The lowest BCUT2D eigenvalue weighted by atomic mass is 9.85. The molecule has 1 aliphatic heterocycles. The monoisotopic (exact) mass is 692 g/mol. The number of hydrogen-bond donors (Lipinski definition) is 5. The Morgan fingerprint density at radius 3 is 2.45 bits per heavy atom. The highest BCUT2D eigenvalue weighted by Gasteiger charge is 2.34. The highest BCUT2D eigenvalue weighted by molar-refractivity contribution is 5.93. The van der Waals surface area contributed by atoms with E-state index in [2.05, 4.69) is 31.2 Å². The van der Waals surface area contributed by atoms with Gasteiger partial charge in [-0.05, 0) is 76.1 Å². The van der Waals surface area contributed by atoms with Crippen LogP contribution in [0.3, 0.4) is 0 Å². The van der Waals surface area contributed by atoms with E-state index >= 15 is 0 Å². The van der Waals surface area contributed by atoms with Gasteiger partial charge in [-0.3, -0.25) is 19.2 Å². The fourth-order valence-corrected chi connectivity index (χ4v) is 6.05. The van der Waals surface area contributed by atoms with Gasteiger partial charge in [-0.2, -0.15) is 13.2 Å². The van der Waals surface area contributed by atoms with E-state index < -0.39 is 17.8 Å². The molecule has 270 valence electrons. The molecule has 16 heteroatoms. The second-order valence-electron chi connectivity index (χ2n) is 12.5. The maximum absolute atomic E-state index is 13.3. The van der Waals surface area contributed by atoms with Gasteiger partial charge in [0.05, 0.1) is 11.1 Å². The quantitative estimate of drug-likeness (QED) is 0.147. The summed E-state index contributed by atoms with van der Waals surface area (Å²) in [6.45, 7) is 3.32. The number of alkyl halides is 3. The Morgan fingerprint density at radius 2 is 1.69 bits per heavy atom. The lowest BCUT2D eigenvalue weighted by molar-refractivity contribution is -0.137. The van der Waals surface area contributed by atoms with Crippen LogP contribution in [0.25, 0.3) is 10.9 Å². The highest BCUT2D eigenvalue weighted by atomic mass is 19.4. The molecule has 4 amide bonds. The van der Waals surface area contributed by atoms with E-state index in [1.165, 1.54) is 12.4 Å². The number of anilines is 1. The number of rotatable bonds is 18. The summed E-state index contributed by atoms with van der Waals surface area (Å²) in [5.74, 6) is -0.521. The molecule has 1 atom stereocenters. The summed E-state index contributed by atoms with van der Waals surface area (Å²) in [6.07, 6.45) is 2.30. The zero-order valence-corrected chi connectivity index (χ0v) is 27.7. The molecule has 1 aromatic heterocycles. The summed E-state index contributed by atoms with van der Waals surface area (Å²) >= 11 is 0. The van der Waals surface area contributed by atoms with E-state index in [0.717, 1.165) is 25.0 Å². The molecule has 4 rings (SSSR count). The van der Waals surface area contributed by atoms with E-state index in [1.807, 2.05) is 0 Å². The number of fused-ring (bicyclic) bond motifs is 1. The van der Waals surface area contributed by atoms with Crippen LogP contribution < -0.4 is 27.0 Å². The van der Waals surface area contributed by atoms with Gasteiger partial charge < -0.3 is 36.6 Å². The van der Waals surface area contributed by atoms with Crippen LogP contribution in [0.15, 0.2) is 24.5 Å². The van der Waals surface area contributed by atoms with E-state index in [1.54, 1.807) is 4.90 Å². The van der Waals surface area contributed by atoms with Gasteiger partial charge in [0.15, 0.2) is 0 Å². The number of halogens is 3. The Balaban J connectivity index is 1.08. The first-order valence-electron chi connectivity index (χ1n) is 17.0. The SMILES string of the molecule is NCCCOCCCNC(=O)CCCC(=O)N[C@H]1CC[C@@H](C(=O)NCCN2CC[C@H](Nc3ncnc4ccc(C(F)(F)F)cc34)C2=O)CC1. The molecule has 6 N–H and O–H groups in total. The first-order valence-corrected chi connectivity index (χ1v) is 17.0. The third kappa shape index (κ3) is 11.8. The van der Waals surface area contributed by atoms with E-state index in [9.17, 15) is 32.3 Å². The molecule has 2 aromatic rings. The summed E-state index contributed by atoms with van der Waals surface area (Å²) in [7, 11) is 0. The van der Waals surface area contributed by atoms with Crippen molar-refractivity contribution < 1.29 is 37.1 Å². The fourth-order valence-electron chi connectivity index (χ4n) is 6.05. The molecule has 1 saturated heterocycles. The summed E-state index contributed by atoms with van der Waals surface area (Å²) < 4.78 is 45.2. The molecular weight excluding hydrogens is 645 g/mol. The van der Waals surface area contributed by atoms with Crippen molar-refractivity contribution in [3.05, 3.63) is 30.1 Å². The van der Waals surface area contributed by atoms with Crippen LogP contribution in [0.5, 0.6) is 0 Å². The van der Waals surface area contributed by atoms with Crippen LogP contribution in [0.4, 0.5) is 19.0 Å². The number of ether oxygens (including phenoxy) is 1. The lowest BCUT2D eigenvalue weighted by Crippen LogP contribution is -2.43. The summed E-state index contributed by atoms with van der Waals surface area (Å²) in [6, 6.07) is 2.54. The molecule has 2 fully saturated rings. The average Bonchev–Trinajstić information content (AvgIpc) is 3.42. The van der Waals surface area contributed by atoms with Crippen molar-refractivity contribution in [2.75, 3.05) is 51.3 Å². The van der Waals surface area contributed by atoms with Gasteiger partial charge in [-0.15, -0.1) is 0 Å². The van der Waals surface area contributed by atoms with Gasteiger partial charge >= 0.3 is 6.18 Å². The number of aromatic nitrogens is 2. The highest BCUT2D eigenvalue weighted by Crippen LogP contribution is 2.33. The molecule has 0 bridgehead atoms. The van der Waals surface area contributed by atoms with Crippen LogP contribution in [0, 0.1) is 5.92 Å². The number of amides is 4. The molecule has 0 radical (unpaired) electrons. The van der Waals surface area contributed by atoms with Gasteiger partial charge in [0, 0.05) is 69.6 Å². The summed E-state index contributed by atoms with van der Waals surface area (Å²) in [5.41, 5.74) is 4.91. The predicted octanol–water partition coefficient (Wildman–Crippen LogP) is 2.49. The molecule has 0 unspecified atom stereocenters. The number of nitrogens with one attached hydrogen (secondary N) is 4. The van der Waals surface area contributed by atoms with Crippen LogP contribution in [-0.4, -0.2) is 96.5 Å². The Morgan fingerprint density at radius 1 is 0.939 bits per heavy atom. The van der Waals surface area contributed by atoms with E-state index in [4.69, 9.17) is 10.5 Å². The lowest BCUT2D eigenvalue weighted by Gasteiger charge is -2.28. The minimum absolute atomic E-state index is 0.0108. The topological polar surface area (TPSA) is 181 Å². The van der Waals surface area contributed by atoms with Crippen molar-refractivity contribution in [3.8, 4) is 0 Å². The fraction of sp³-hybridized carbons (Fsp3) is 0.636. The third-order valence-electron chi connectivity index (χ3n) is 8.80. The van der Waals surface area contributed by atoms with Crippen LogP contribution in [-0.2, 0) is 30.1 Å². The van der Waals surface area contributed by atoms with Gasteiger partial charge in [0.2, 0.25) is 23.6 Å². The van der Waals surface area contributed by atoms with Crippen molar-refractivity contribution >= 4 is 40.3 Å². The zero-order valence-electron chi connectivity index (χ0n) is 27.7. The van der Waals surface area contributed by atoms with Gasteiger partial charge in [-0.25, -0.2) is 9.97 Å². The zero-order chi connectivity index (χ0) is 35.2. The second-order valence-corrected chi connectivity index (χ2v) is 12.5. The minimum atomic E-state index is -4.52. The average molecular weight is 693 g/mol. The summed E-state index contributed by atoms with van der Waals surface area (Å²) in [5, 5.41) is 11.9. The Bertz CT molecular complexity index is 1420. The van der Waals surface area contributed by atoms with Gasteiger partial charge in [0.25, 0.3) is 0 Å². The molecule has 49 heavy (non-hydrogen) atoms.